The predicted molar refractivity (Wildman–Crippen MR) is 153 cm³/mol. The summed E-state index contributed by atoms with van der Waals surface area (Å²) >= 11 is 0. The van der Waals surface area contributed by atoms with Crippen LogP contribution in [0.15, 0.2) is 78.5 Å². The van der Waals surface area contributed by atoms with E-state index in [-0.39, 0.29) is 30.9 Å². The minimum atomic E-state index is -4.47. The summed E-state index contributed by atoms with van der Waals surface area (Å²) in [5.41, 5.74) is 1.59. The largest absolute Gasteiger partial charge is 0.416 e. The monoisotopic (exact) mass is 562 g/mol. The van der Waals surface area contributed by atoms with Crippen LogP contribution in [-0.2, 0) is 17.5 Å². The molecule has 6 nitrogen and oxygen atoms in total. The molecule has 5 rings (SSSR count). The molecule has 1 aromatic heterocycles. The van der Waals surface area contributed by atoms with Gasteiger partial charge >= 0.3 is 12.2 Å². The van der Waals surface area contributed by atoms with Crippen molar-refractivity contribution in [2.45, 2.75) is 45.5 Å². The Hall–Kier alpha value is -4.14. The summed E-state index contributed by atoms with van der Waals surface area (Å²) in [4.78, 5) is 32.8. The van der Waals surface area contributed by atoms with Crippen LogP contribution in [0.4, 0.5) is 18.0 Å². The van der Waals surface area contributed by atoms with E-state index in [1.54, 1.807) is 29.3 Å². The van der Waals surface area contributed by atoms with Crippen LogP contribution in [0.1, 0.15) is 44.0 Å². The van der Waals surface area contributed by atoms with Crippen molar-refractivity contribution >= 4 is 28.3 Å². The van der Waals surface area contributed by atoms with E-state index in [4.69, 9.17) is 0 Å². The first-order chi connectivity index (χ1) is 19.4. The maximum absolute atomic E-state index is 13.6. The molecular weight excluding hydrogens is 529 g/mol. The van der Waals surface area contributed by atoms with Crippen LogP contribution in [0.5, 0.6) is 0 Å². The van der Waals surface area contributed by atoms with E-state index in [9.17, 15) is 22.8 Å². The predicted octanol–water partition coefficient (Wildman–Crippen LogP) is 6.34. The highest BCUT2D eigenvalue weighted by Crippen LogP contribution is 2.41. The number of nitrogens with one attached hydrogen (secondary N) is 2. The number of fused-ring (bicyclic) bond motifs is 2. The summed E-state index contributed by atoms with van der Waals surface area (Å²) in [5.74, 6) is -1.20. The number of rotatable bonds is 4. The number of alkyl halides is 3. The Labute approximate surface area is 237 Å². The summed E-state index contributed by atoms with van der Waals surface area (Å²) in [7, 11) is 0. The fraction of sp³-hybridized carbons (Fsp3) is 0.344. The lowest BCUT2D eigenvalue weighted by Gasteiger charge is -2.41. The molecule has 0 saturated carbocycles. The van der Waals surface area contributed by atoms with Gasteiger partial charge in [-0.15, -0.1) is 0 Å². The number of amides is 3. The number of hydrogen-bond donors (Lipinski definition) is 2. The highest BCUT2D eigenvalue weighted by atomic mass is 19.4. The van der Waals surface area contributed by atoms with Gasteiger partial charge in [0.15, 0.2) is 0 Å². The quantitative estimate of drug-likeness (QED) is 0.390. The zero-order valence-corrected chi connectivity index (χ0v) is 23.3. The van der Waals surface area contributed by atoms with E-state index >= 15 is 0 Å². The maximum atomic E-state index is 13.6. The zero-order chi connectivity index (χ0) is 29.4. The van der Waals surface area contributed by atoms with Gasteiger partial charge in [0.05, 0.1) is 23.7 Å². The van der Waals surface area contributed by atoms with Crippen LogP contribution in [0.3, 0.4) is 0 Å². The number of halogens is 3. The summed E-state index contributed by atoms with van der Waals surface area (Å²) in [6.45, 7) is 6.59. The minimum Gasteiger partial charge on any atom is -0.350 e. The summed E-state index contributed by atoms with van der Waals surface area (Å²) in [5, 5.41) is 7.96. The normalized spacial score (nSPS) is 19.2. The Morgan fingerprint density at radius 1 is 1.05 bits per heavy atom. The van der Waals surface area contributed by atoms with Crippen molar-refractivity contribution in [1.82, 2.24) is 20.5 Å². The van der Waals surface area contributed by atoms with Crippen LogP contribution in [0.25, 0.3) is 16.3 Å². The molecule has 2 heterocycles. The molecule has 1 fully saturated rings. The Balaban J connectivity index is 1.44. The second-order valence-corrected chi connectivity index (χ2v) is 11.6. The highest BCUT2D eigenvalue weighted by molar-refractivity contribution is 5.88. The second-order valence-electron chi connectivity index (χ2n) is 11.6. The summed E-state index contributed by atoms with van der Waals surface area (Å²) in [6.07, 6.45) is 1.20. The molecule has 2 aromatic carbocycles. The van der Waals surface area contributed by atoms with Crippen molar-refractivity contribution in [3.05, 3.63) is 95.3 Å². The first-order valence-electron chi connectivity index (χ1n) is 13.7. The van der Waals surface area contributed by atoms with Gasteiger partial charge in [0, 0.05) is 36.1 Å². The molecule has 0 bridgehead atoms. The summed E-state index contributed by atoms with van der Waals surface area (Å²) in [6, 6.07) is 14.7. The SMILES string of the molecule is CC(C)(C)NC(=O)N1CCC2=C(c3cccc(C(F)(F)F)c3)C=CC(C(=O)NCc3nccc4ccccc34)C2C1. The van der Waals surface area contributed by atoms with Crippen LogP contribution in [0, 0.1) is 11.8 Å². The average Bonchev–Trinajstić information content (AvgIpc) is 2.93. The standard InChI is InChI=1S/C32H33F3N4O2/c1-31(2,3)38-30(41)39-16-14-25-23(21-8-6-9-22(17-21)32(33,34)35)11-12-26(27(25)19-39)29(40)37-18-28-24-10-5-4-7-20(24)13-15-36-28/h4-13,15,17,26-27H,14,16,18-19H2,1-3H3,(H,37,40)(H,38,41). The first kappa shape index (κ1) is 28.4. The van der Waals surface area contributed by atoms with Crippen LogP contribution in [-0.4, -0.2) is 40.5 Å². The molecule has 2 unspecified atom stereocenters. The molecule has 2 atom stereocenters. The van der Waals surface area contributed by atoms with Gasteiger partial charge in [-0.2, -0.15) is 13.2 Å². The minimum absolute atomic E-state index is 0.223. The van der Waals surface area contributed by atoms with E-state index in [2.05, 4.69) is 15.6 Å². The molecule has 1 aliphatic heterocycles. The lowest BCUT2D eigenvalue weighted by molar-refractivity contribution is -0.137. The van der Waals surface area contributed by atoms with Crippen molar-refractivity contribution in [3.63, 3.8) is 0 Å². The van der Waals surface area contributed by atoms with Gasteiger partial charge in [-0.1, -0.05) is 54.1 Å². The number of urea groups is 1. The van der Waals surface area contributed by atoms with E-state index in [0.29, 0.717) is 24.1 Å². The smallest absolute Gasteiger partial charge is 0.350 e. The molecule has 2 N–H and O–H groups in total. The van der Waals surface area contributed by atoms with Crippen molar-refractivity contribution in [2.75, 3.05) is 13.1 Å². The Morgan fingerprint density at radius 2 is 1.83 bits per heavy atom. The van der Waals surface area contributed by atoms with E-state index < -0.39 is 23.2 Å². The van der Waals surface area contributed by atoms with Gasteiger partial charge in [0.25, 0.3) is 0 Å². The molecule has 9 heteroatoms. The first-order valence-corrected chi connectivity index (χ1v) is 13.7. The number of nitrogens with zero attached hydrogens (tertiary/aromatic N) is 2. The van der Waals surface area contributed by atoms with Gasteiger partial charge in [0.2, 0.25) is 5.91 Å². The number of carbonyl (C=O) groups is 2. The van der Waals surface area contributed by atoms with E-state index in [1.807, 2.05) is 51.1 Å². The molecule has 3 aromatic rings. The number of likely N-dealkylation sites (tertiary alicyclic amines) is 1. The van der Waals surface area contributed by atoms with E-state index in [0.717, 1.165) is 34.2 Å². The number of carbonyl (C=O) groups excluding carboxylic acids is 2. The third kappa shape index (κ3) is 6.29. The average molecular weight is 563 g/mol. The lowest BCUT2D eigenvalue weighted by atomic mass is 9.73. The van der Waals surface area contributed by atoms with Crippen LogP contribution >= 0.6 is 0 Å². The number of benzene rings is 2. The van der Waals surface area contributed by atoms with E-state index in [1.165, 1.54) is 6.07 Å². The number of pyridine rings is 1. The zero-order valence-electron chi connectivity index (χ0n) is 23.3. The van der Waals surface area contributed by atoms with Gasteiger partial charge in [-0.3, -0.25) is 9.78 Å². The number of piperidine rings is 1. The highest BCUT2D eigenvalue weighted by Gasteiger charge is 2.39. The van der Waals surface area contributed by atoms with Crippen molar-refractivity contribution in [1.29, 1.82) is 0 Å². The van der Waals surface area contributed by atoms with Crippen molar-refractivity contribution in [2.24, 2.45) is 11.8 Å². The number of aromatic nitrogens is 1. The molecule has 41 heavy (non-hydrogen) atoms. The van der Waals surface area contributed by atoms with Gasteiger partial charge < -0.3 is 15.5 Å². The molecule has 0 radical (unpaired) electrons. The maximum Gasteiger partial charge on any atom is 0.416 e. The molecule has 3 amide bonds. The molecule has 1 saturated heterocycles. The topological polar surface area (TPSA) is 74.3 Å². The third-order valence-electron chi connectivity index (χ3n) is 7.52. The molecule has 1 aliphatic carbocycles. The molecule has 2 aliphatic rings. The Bertz CT molecular complexity index is 1530. The van der Waals surface area contributed by atoms with Gasteiger partial charge in [-0.25, -0.2) is 4.79 Å². The lowest BCUT2D eigenvalue weighted by Crippen LogP contribution is -2.53. The summed E-state index contributed by atoms with van der Waals surface area (Å²) < 4.78 is 40.5. The second kappa shape index (κ2) is 11.0. The molecule has 0 spiro atoms. The van der Waals surface area contributed by atoms with Gasteiger partial charge in [-0.05, 0) is 61.9 Å². The van der Waals surface area contributed by atoms with Crippen molar-refractivity contribution < 1.29 is 22.8 Å². The third-order valence-corrected chi connectivity index (χ3v) is 7.52. The Morgan fingerprint density at radius 3 is 2.59 bits per heavy atom. The number of hydrogen-bond acceptors (Lipinski definition) is 3. The number of allylic oxidation sites excluding steroid dienone is 2. The van der Waals surface area contributed by atoms with Crippen LogP contribution in [0.2, 0.25) is 0 Å². The van der Waals surface area contributed by atoms with Gasteiger partial charge in [0.1, 0.15) is 0 Å². The fourth-order valence-electron chi connectivity index (χ4n) is 5.60. The molecule has 214 valence electrons. The van der Waals surface area contributed by atoms with Crippen LogP contribution < -0.4 is 10.6 Å². The fourth-order valence-corrected chi connectivity index (χ4v) is 5.60. The van der Waals surface area contributed by atoms with Crippen molar-refractivity contribution in [3.8, 4) is 0 Å². The molecular formula is C32H33F3N4O2. The Kier molecular flexibility index (Phi) is 7.64.